The number of rotatable bonds is 6. The third kappa shape index (κ3) is 3.75. The second kappa shape index (κ2) is 7.55. The maximum Gasteiger partial charge on any atom is 0.312 e. The zero-order chi connectivity index (χ0) is 19.7. The second-order valence-electron chi connectivity index (χ2n) is 7.68. The number of nitrogens with zero attached hydrogens (tertiary/aromatic N) is 3. The molecular weight excluding hydrogens is 342 g/mol. The number of aliphatic carboxylic acids is 1. The summed E-state index contributed by atoms with van der Waals surface area (Å²) in [6.07, 6.45) is 0.959. The zero-order valence-electron chi connectivity index (χ0n) is 16.4. The van der Waals surface area contributed by atoms with Crippen molar-refractivity contribution in [3.05, 3.63) is 46.8 Å². The van der Waals surface area contributed by atoms with E-state index in [9.17, 15) is 14.7 Å². The Morgan fingerprint density at radius 2 is 1.96 bits per heavy atom. The van der Waals surface area contributed by atoms with Crippen LogP contribution in [0.2, 0.25) is 0 Å². The highest BCUT2D eigenvalue weighted by molar-refractivity contribution is 5.99. The fraction of sp³-hybridized carbons (Fsp3) is 0.476. The van der Waals surface area contributed by atoms with Crippen LogP contribution in [0.1, 0.15) is 48.7 Å². The molecule has 1 aromatic carbocycles. The molecule has 1 aromatic heterocycles. The average Bonchev–Trinajstić information content (AvgIpc) is 3.11. The lowest BCUT2D eigenvalue weighted by molar-refractivity contribution is -0.138. The van der Waals surface area contributed by atoms with E-state index < -0.39 is 11.9 Å². The lowest BCUT2D eigenvalue weighted by Crippen LogP contribution is -2.31. The number of carbonyl (C=O) groups is 2. The molecule has 0 spiro atoms. The minimum Gasteiger partial charge on any atom is -0.481 e. The van der Waals surface area contributed by atoms with Crippen LogP contribution in [0.15, 0.2) is 24.3 Å². The van der Waals surface area contributed by atoms with E-state index >= 15 is 0 Å². The standard InChI is InChI=1S/C21H27N3O3/c1-13(2)11-24-15(4)16(14(3)22-24)9-10-20(25)23-12-18(21(26)27)17-7-5-6-8-19(17)23/h5-8,13,18H,9-12H2,1-4H3,(H,26,27). The van der Waals surface area contributed by atoms with Crippen molar-refractivity contribution in [2.75, 3.05) is 11.4 Å². The van der Waals surface area contributed by atoms with Crippen LogP contribution < -0.4 is 4.90 Å². The van der Waals surface area contributed by atoms with Crippen LogP contribution in [0.5, 0.6) is 0 Å². The number of amides is 1. The summed E-state index contributed by atoms with van der Waals surface area (Å²) >= 11 is 0. The van der Waals surface area contributed by atoms with Gasteiger partial charge in [-0.1, -0.05) is 32.0 Å². The van der Waals surface area contributed by atoms with Gasteiger partial charge in [-0.05, 0) is 43.4 Å². The maximum atomic E-state index is 12.9. The summed E-state index contributed by atoms with van der Waals surface area (Å²) in [6.45, 7) is 9.41. The van der Waals surface area contributed by atoms with Crippen molar-refractivity contribution in [3.8, 4) is 0 Å². The van der Waals surface area contributed by atoms with E-state index in [1.54, 1.807) is 11.0 Å². The number of carboxylic acids is 1. The van der Waals surface area contributed by atoms with E-state index in [2.05, 4.69) is 18.9 Å². The average molecular weight is 369 g/mol. The van der Waals surface area contributed by atoms with Crippen molar-refractivity contribution in [1.82, 2.24) is 9.78 Å². The fourth-order valence-electron chi connectivity index (χ4n) is 3.84. The number of hydrogen-bond acceptors (Lipinski definition) is 3. The van der Waals surface area contributed by atoms with Gasteiger partial charge in [-0.25, -0.2) is 0 Å². The van der Waals surface area contributed by atoms with Crippen molar-refractivity contribution < 1.29 is 14.7 Å². The summed E-state index contributed by atoms with van der Waals surface area (Å²) in [5, 5.41) is 14.1. The number of aryl methyl sites for hydroxylation is 1. The molecule has 1 aliphatic heterocycles. The molecule has 3 rings (SSSR count). The van der Waals surface area contributed by atoms with E-state index in [0.717, 1.165) is 34.7 Å². The number of anilines is 1. The van der Waals surface area contributed by atoms with Gasteiger partial charge in [-0.2, -0.15) is 5.10 Å². The monoisotopic (exact) mass is 369 g/mol. The summed E-state index contributed by atoms with van der Waals surface area (Å²) in [6, 6.07) is 7.28. The Morgan fingerprint density at radius 3 is 2.63 bits per heavy atom. The minimum absolute atomic E-state index is 0.0402. The van der Waals surface area contributed by atoms with Crippen molar-refractivity contribution in [2.24, 2.45) is 5.92 Å². The highest BCUT2D eigenvalue weighted by Crippen LogP contribution is 2.36. The van der Waals surface area contributed by atoms with E-state index in [4.69, 9.17) is 0 Å². The molecule has 0 saturated carbocycles. The summed E-state index contributed by atoms with van der Waals surface area (Å²) in [5.41, 5.74) is 4.63. The Kier molecular flexibility index (Phi) is 5.35. The van der Waals surface area contributed by atoms with Gasteiger partial charge in [0.2, 0.25) is 5.91 Å². The lowest BCUT2D eigenvalue weighted by Gasteiger charge is -2.17. The summed E-state index contributed by atoms with van der Waals surface area (Å²) < 4.78 is 2.02. The van der Waals surface area contributed by atoms with Gasteiger partial charge in [-0.15, -0.1) is 0 Å². The van der Waals surface area contributed by atoms with Gasteiger partial charge in [0.25, 0.3) is 0 Å². The van der Waals surface area contributed by atoms with Gasteiger partial charge in [0, 0.05) is 30.9 Å². The van der Waals surface area contributed by atoms with E-state index in [0.29, 0.717) is 18.8 Å². The molecule has 1 aliphatic rings. The molecule has 0 aliphatic carbocycles. The molecule has 1 unspecified atom stereocenters. The first kappa shape index (κ1) is 19.1. The molecule has 144 valence electrons. The van der Waals surface area contributed by atoms with Crippen LogP contribution >= 0.6 is 0 Å². The Bertz CT molecular complexity index is 870. The first-order chi connectivity index (χ1) is 12.8. The first-order valence-electron chi connectivity index (χ1n) is 9.44. The smallest absolute Gasteiger partial charge is 0.312 e. The van der Waals surface area contributed by atoms with Gasteiger partial charge in [0.05, 0.1) is 5.69 Å². The lowest BCUT2D eigenvalue weighted by atomic mass is 10.0. The van der Waals surface area contributed by atoms with Crippen molar-refractivity contribution in [3.63, 3.8) is 0 Å². The van der Waals surface area contributed by atoms with Crippen molar-refractivity contribution in [2.45, 2.75) is 53.0 Å². The number of carboxylic acid groups (broad SMARTS) is 1. The molecule has 2 heterocycles. The molecule has 6 nitrogen and oxygen atoms in total. The fourth-order valence-corrected chi connectivity index (χ4v) is 3.84. The quantitative estimate of drug-likeness (QED) is 0.848. The molecule has 1 atom stereocenters. The van der Waals surface area contributed by atoms with Gasteiger partial charge in [0.15, 0.2) is 0 Å². The van der Waals surface area contributed by atoms with Gasteiger partial charge < -0.3 is 10.0 Å². The van der Waals surface area contributed by atoms with Crippen molar-refractivity contribution in [1.29, 1.82) is 0 Å². The molecule has 27 heavy (non-hydrogen) atoms. The molecule has 1 N–H and O–H groups in total. The van der Waals surface area contributed by atoms with Crippen LogP contribution in [0.4, 0.5) is 5.69 Å². The zero-order valence-corrected chi connectivity index (χ0v) is 16.4. The highest BCUT2D eigenvalue weighted by atomic mass is 16.4. The predicted octanol–water partition coefficient (Wildman–Crippen LogP) is 3.30. The Hall–Kier alpha value is -2.63. The topological polar surface area (TPSA) is 75.4 Å². The third-order valence-corrected chi connectivity index (χ3v) is 5.23. The number of benzene rings is 1. The summed E-state index contributed by atoms with van der Waals surface area (Å²) in [4.78, 5) is 26.0. The third-order valence-electron chi connectivity index (χ3n) is 5.23. The number of carbonyl (C=O) groups excluding carboxylic acids is 1. The largest absolute Gasteiger partial charge is 0.481 e. The Balaban J connectivity index is 1.74. The van der Waals surface area contributed by atoms with Crippen molar-refractivity contribution >= 4 is 17.6 Å². The second-order valence-corrected chi connectivity index (χ2v) is 7.68. The number of hydrogen-bond donors (Lipinski definition) is 1. The molecule has 2 aromatic rings. The van der Waals surface area contributed by atoms with Gasteiger partial charge in [-0.3, -0.25) is 14.3 Å². The summed E-state index contributed by atoms with van der Waals surface area (Å²) in [7, 11) is 0. The Labute approximate surface area is 159 Å². The molecule has 6 heteroatoms. The number of aromatic nitrogens is 2. The molecule has 0 radical (unpaired) electrons. The van der Waals surface area contributed by atoms with Gasteiger partial charge in [0.1, 0.15) is 5.92 Å². The van der Waals surface area contributed by atoms with E-state index in [1.165, 1.54) is 0 Å². The van der Waals surface area contributed by atoms with Crippen LogP contribution in [0.3, 0.4) is 0 Å². The summed E-state index contributed by atoms with van der Waals surface area (Å²) in [5.74, 6) is -1.07. The minimum atomic E-state index is -0.889. The molecule has 1 amide bonds. The highest BCUT2D eigenvalue weighted by Gasteiger charge is 2.36. The molecule has 0 saturated heterocycles. The predicted molar refractivity (Wildman–Crippen MR) is 104 cm³/mol. The molecule has 0 bridgehead atoms. The van der Waals surface area contributed by atoms with Gasteiger partial charge >= 0.3 is 5.97 Å². The molecular formula is C21H27N3O3. The number of para-hydroxylation sites is 1. The maximum absolute atomic E-state index is 12.9. The Morgan fingerprint density at radius 1 is 1.26 bits per heavy atom. The van der Waals surface area contributed by atoms with E-state index in [-0.39, 0.29) is 12.5 Å². The van der Waals surface area contributed by atoms with Crippen LogP contribution in [-0.2, 0) is 22.6 Å². The normalized spacial score (nSPS) is 16.0. The van der Waals surface area contributed by atoms with Crippen LogP contribution in [0.25, 0.3) is 0 Å². The first-order valence-corrected chi connectivity index (χ1v) is 9.44. The molecule has 0 fully saturated rings. The van der Waals surface area contributed by atoms with Crippen LogP contribution in [-0.4, -0.2) is 33.3 Å². The van der Waals surface area contributed by atoms with E-state index in [1.807, 2.05) is 36.7 Å². The van der Waals surface area contributed by atoms with Crippen LogP contribution in [0, 0.1) is 19.8 Å². The SMILES string of the molecule is Cc1nn(CC(C)C)c(C)c1CCC(=O)N1CC(C(=O)O)c2ccccc21. The number of fused-ring (bicyclic) bond motifs is 1.